The third-order valence-electron chi connectivity index (χ3n) is 4.33. The number of rotatable bonds is 6. The summed E-state index contributed by atoms with van der Waals surface area (Å²) in [4.78, 5) is 23.6. The van der Waals surface area contributed by atoms with E-state index in [-0.39, 0.29) is 18.6 Å². The van der Waals surface area contributed by atoms with Gasteiger partial charge in [-0.2, -0.15) is 0 Å². The van der Waals surface area contributed by atoms with E-state index in [2.05, 4.69) is 12.2 Å². The zero-order valence-corrected chi connectivity index (χ0v) is 14.3. The molecule has 1 saturated carbocycles. The fourth-order valence-corrected chi connectivity index (χ4v) is 2.84. The Labute approximate surface area is 143 Å². The number of ether oxygens (including phenoxy) is 2. The summed E-state index contributed by atoms with van der Waals surface area (Å²) in [5, 5.41) is 2.96. The van der Waals surface area contributed by atoms with E-state index in [0.717, 1.165) is 30.6 Å². The van der Waals surface area contributed by atoms with Gasteiger partial charge in [0.25, 0.3) is 5.91 Å². The summed E-state index contributed by atoms with van der Waals surface area (Å²) in [5.41, 5.74) is 0.855. The van der Waals surface area contributed by atoms with Crippen molar-refractivity contribution < 1.29 is 19.1 Å². The van der Waals surface area contributed by atoms with Gasteiger partial charge in [0.2, 0.25) is 0 Å². The molecule has 130 valence electrons. The molecule has 0 radical (unpaired) electrons. The second-order valence-corrected chi connectivity index (χ2v) is 6.15. The molecule has 0 heterocycles. The monoisotopic (exact) mass is 331 g/mol. The van der Waals surface area contributed by atoms with Gasteiger partial charge in [0.15, 0.2) is 6.61 Å². The normalized spacial score (nSPS) is 20.6. The minimum absolute atomic E-state index is 0.194. The molecule has 1 aromatic carbocycles. The topological polar surface area (TPSA) is 64.6 Å². The summed E-state index contributed by atoms with van der Waals surface area (Å²) in [6, 6.07) is 7.48. The number of hydrogen-bond donors (Lipinski definition) is 1. The van der Waals surface area contributed by atoms with Crippen LogP contribution in [0.15, 0.2) is 30.3 Å². The van der Waals surface area contributed by atoms with Gasteiger partial charge in [-0.3, -0.25) is 4.79 Å². The highest BCUT2D eigenvalue weighted by molar-refractivity contribution is 5.89. The Kier molecular flexibility index (Phi) is 6.85. The Hall–Kier alpha value is -2.30. The maximum absolute atomic E-state index is 11.9. The summed E-state index contributed by atoms with van der Waals surface area (Å²) in [5.74, 6) is 0.467. The highest BCUT2D eigenvalue weighted by atomic mass is 16.5. The van der Waals surface area contributed by atoms with E-state index in [9.17, 15) is 9.59 Å². The Balaban J connectivity index is 1.73. The van der Waals surface area contributed by atoms with Crippen molar-refractivity contribution in [3.8, 4) is 5.75 Å². The quantitative estimate of drug-likeness (QED) is 0.643. The lowest BCUT2D eigenvalue weighted by atomic mass is 9.86. The second-order valence-electron chi connectivity index (χ2n) is 6.15. The van der Waals surface area contributed by atoms with Crippen molar-refractivity contribution in [2.45, 2.75) is 38.6 Å². The molecule has 0 aromatic heterocycles. The van der Waals surface area contributed by atoms with E-state index in [1.807, 2.05) is 24.3 Å². The van der Waals surface area contributed by atoms with Crippen LogP contribution in [0.4, 0.5) is 0 Å². The standard InChI is InChI=1S/C19H25NO4/c1-14-5-3-4-6-17(14)20-18(21)13-24-19(22)12-9-15-7-10-16(23-2)11-8-15/h7-12,14,17H,3-6,13H2,1-2H3,(H,20,21)/b12-9+/t14-,17+/m0/s1. The molecule has 0 bridgehead atoms. The number of methoxy groups -OCH3 is 1. The van der Waals surface area contributed by atoms with Crippen molar-refractivity contribution in [1.82, 2.24) is 5.32 Å². The number of esters is 1. The molecule has 1 N–H and O–H groups in total. The van der Waals surface area contributed by atoms with E-state index in [1.54, 1.807) is 13.2 Å². The van der Waals surface area contributed by atoms with E-state index < -0.39 is 5.97 Å². The predicted molar refractivity (Wildman–Crippen MR) is 92.5 cm³/mol. The minimum Gasteiger partial charge on any atom is -0.497 e. The molecule has 5 heteroatoms. The highest BCUT2D eigenvalue weighted by Crippen LogP contribution is 2.23. The first-order valence-electron chi connectivity index (χ1n) is 8.36. The molecule has 24 heavy (non-hydrogen) atoms. The summed E-state index contributed by atoms with van der Waals surface area (Å²) < 4.78 is 10.1. The fourth-order valence-electron chi connectivity index (χ4n) is 2.84. The summed E-state index contributed by atoms with van der Waals surface area (Å²) in [6.45, 7) is 1.91. The third-order valence-corrected chi connectivity index (χ3v) is 4.33. The van der Waals surface area contributed by atoms with Crippen LogP contribution < -0.4 is 10.1 Å². The molecular weight excluding hydrogens is 306 g/mol. The lowest BCUT2D eigenvalue weighted by molar-refractivity contribution is -0.144. The zero-order valence-electron chi connectivity index (χ0n) is 14.3. The lowest BCUT2D eigenvalue weighted by Gasteiger charge is -2.29. The van der Waals surface area contributed by atoms with Crippen LogP contribution in [0.1, 0.15) is 38.2 Å². The molecule has 1 aliphatic rings. The molecular formula is C19H25NO4. The Morgan fingerprint density at radius 2 is 1.92 bits per heavy atom. The molecule has 0 spiro atoms. The molecule has 0 unspecified atom stereocenters. The van der Waals surface area contributed by atoms with Crippen molar-refractivity contribution in [3.05, 3.63) is 35.9 Å². The van der Waals surface area contributed by atoms with Crippen LogP contribution in [0.3, 0.4) is 0 Å². The van der Waals surface area contributed by atoms with Gasteiger partial charge >= 0.3 is 5.97 Å². The smallest absolute Gasteiger partial charge is 0.331 e. The fraction of sp³-hybridized carbons (Fsp3) is 0.474. The molecule has 2 rings (SSSR count). The number of carbonyl (C=O) groups excluding carboxylic acids is 2. The zero-order chi connectivity index (χ0) is 17.4. The van der Waals surface area contributed by atoms with Crippen LogP contribution in [0, 0.1) is 5.92 Å². The van der Waals surface area contributed by atoms with Crippen LogP contribution in [0.2, 0.25) is 0 Å². The lowest BCUT2D eigenvalue weighted by Crippen LogP contribution is -2.42. The molecule has 5 nitrogen and oxygen atoms in total. The van der Waals surface area contributed by atoms with Crippen LogP contribution in [0.25, 0.3) is 6.08 Å². The van der Waals surface area contributed by atoms with Gasteiger partial charge < -0.3 is 14.8 Å². The van der Waals surface area contributed by atoms with Crippen molar-refractivity contribution in [3.63, 3.8) is 0 Å². The average Bonchev–Trinajstić information content (AvgIpc) is 2.60. The Morgan fingerprint density at radius 1 is 1.21 bits per heavy atom. The van der Waals surface area contributed by atoms with Gasteiger partial charge in [0.05, 0.1) is 7.11 Å². The average molecular weight is 331 g/mol. The SMILES string of the molecule is COc1ccc(/C=C/C(=O)OCC(=O)N[C@@H]2CCCC[C@@H]2C)cc1. The number of benzene rings is 1. The van der Waals surface area contributed by atoms with Crippen LogP contribution >= 0.6 is 0 Å². The van der Waals surface area contributed by atoms with Gasteiger partial charge in [-0.15, -0.1) is 0 Å². The van der Waals surface area contributed by atoms with Gasteiger partial charge in [-0.25, -0.2) is 4.79 Å². The molecule has 1 aromatic rings. The molecule has 0 aliphatic heterocycles. The third kappa shape index (κ3) is 5.72. The second kappa shape index (κ2) is 9.11. The van der Waals surface area contributed by atoms with Gasteiger partial charge in [-0.1, -0.05) is 31.9 Å². The van der Waals surface area contributed by atoms with Gasteiger partial charge in [-0.05, 0) is 42.5 Å². The number of hydrogen-bond acceptors (Lipinski definition) is 4. The number of nitrogens with one attached hydrogen (secondary N) is 1. The summed E-state index contributed by atoms with van der Waals surface area (Å²) in [7, 11) is 1.60. The maximum Gasteiger partial charge on any atom is 0.331 e. The van der Waals surface area contributed by atoms with Crippen molar-refractivity contribution in [2.24, 2.45) is 5.92 Å². The molecule has 0 saturated heterocycles. The van der Waals surface area contributed by atoms with E-state index in [1.165, 1.54) is 12.5 Å². The van der Waals surface area contributed by atoms with Crippen LogP contribution in [-0.2, 0) is 14.3 Å². The first-order chi connectivity index (χ1) is 11.6. The first-order valence-corrected chi connectivity index (χ1v) is 8.36. The molecule has 1 fully saturated rings. The van der Waals surface area contributed by atoms with Gasteiger partial charge in [0.1, 0.15) is 5.75 Å². The summed E-state index contributed by atoms with van der Waals surface area (Å²) in [6.07, 6.45) is 7.45. The largest absolute Gasteiger partial charge is 0.497 e. The van der Waals surface area contributed by atoms with Gasteiger partial charge in [0, 0.05) is 12.1 Å². The van der Waals surface area contributed by atoms with E-state index in [4.69, 9.17) is 9.47 Å². The van der Waals surface area contributed by atoms with Crippen LogP contribution in [0.5, 0.6) is 5.75 Å². The Bertz CT molecular complexity index is 580. The van der Waals surface area contributed by atoms with Crippen LogP contribution in [-0.4, -0.2) is 31.6 Å². The van der Waals surface area contributed by atoms with Crippen molar-refractivity contribution >= 4 is 18.0 Å². The Morgan fingerprint density at radius 3 is 2.58 bits per heavy atom. The molecule has 1 amide bonds. The number of carbonyl (C=O) groups is 2. The maximum atomic E-state index is 11.9. The first kappa shape index (κ1) is 18.0. The highest BCUT2D eigenvalue weighted by Gasteiger charge is 2.22. The minimum atomic E-state index is -0.530. The molecule has 2 atom stereocenters. The number of amides is 1. The van der Waals surface area contributed by atoms with Crippen molar-refractivity contribution in [2.75, 3.05) is 13.7 Å². The predicted octanol–water partition coefficient (Wildman–Crippen LogP) is 2.95. The summed E-state index contributed by atoms with van der Waals surface area (Å²) >= 11 is 0. The van der Waals surface area contributed by atoms with Crippen molar-refractivity contribution in [1.29, 1.82) is 0 Å². The van der Waals surface area contributed by atoms with E-state index in [0.29, 0.717) is 5.92 Å². The molecule has 1 aliphatic carbocycles. The van der Waals surface area contributed by atoms with E-state index >= 15 is 0 Å².